The summed E-state index contributed by atoms with van der Waals surface area (Å²) in [6.45, 7) is 3.37. The first-order valence-electron chi connectivity index (χ1n) is 6.48. The summed E-state index contributed by atoms with van der Waals surface area (Å²) >= 11 is 1.24. The molecule has 114 valence electrons. The number of aliphatic hydroxyl groups is 1. The van der Waals surface area contributed by atoms with E-state index in [0.29, 0.717) is 11.3 Å². The number of thiophene rings is 1. The maximum absolute atomic E-state index is 12.3. The minimum absolute atomic E-state index is 0.0206. The fourth-order valence-electron chi connectivity index (χ4n) is 2.28. The average molecular weight is 327 g/mol. The van der Waals surface area contributed by atoms with Crippen molar-refractivity contribution in [2.24, 2.45) is 0 Å². The van der Waals surface area contributed by atoms with Crippen LogP contribution in [0.3, 0.4) is 0 Å². The number of hydrogen-bond donors (Lipinski definition) is 2. The SMILES string of the molecule is Cc1cc(C(=O)NC2(C)CCS(=O)(=O)C2)sc1C#CCO. The van der Waals surface area contributed by atoms with Crippen molar-refractivity contribution in [3.05, 3.63) is 21.4 Å². The first-order chi connectivity index (χ1) is 9.75. The molecule has 21 heavy (non-hydrogen) atoms. The van der Waals surface area contributed by atoms with E-state index in [2.05, 4.69) is 17.2 Å². The molecule has 1 atom stereocenters. The van der Waals surface area contributed by atoms with Crippen LogP contribution in [0.5, 0.6) is 0 Å². The normalized spacial score (nSPS) is 23.4. The molecule has 0 saturated carbocycles. The number of sulfone groups is 1. The monoisotopic (exact) mass is 327 g/mol. The summed E-state index contributed by atoms with van der Waals surface area (Å²) in [4.78, 5) is 13.5. The zero-order valence-electron chi connectivity index (χ0n) is 11.9. The summed E-state index contributed by atoms with van der Waals surface area (Å²) in [5.74, 6) is 5.16. The van der Waals surface area contributed by atoms with Crippen LogP contribution >= 0.6 is 11.3 Å². The Bertz CT molecular complexity index is 724. The molecule has 1 aliphatic heterocycles. The van der Waals surface area contributed by atoms with Gasteiger partial charge in [0.2, 0.25) is 0 Å². The van der Waals surface area contributed by atoms with E-state index in [0.717, 1.165) is 10.4 Å². The molecule has 1 amide bonds. The second kappa shape index (κ2) is 5.79. The molecule has 0 bridgehead atoms. The first-order valence-corrected chi connectivity index (χ1v) is 9.12. The molecule has 2 heterocycles. The third kappa shape index (κ3) is 3.84. The first kappa shape index (κ1) is 16.0. The molecule has 1 aromatic heterocycles. The molecule has 1 aromatic rings. The van der Waals surface area contributed by atoms with Crippen LogP contribution in [0.2, 0.25) is 0 Å². The van der Waals surface area contributed by atoms with E-state index in [9.17, 15) is 13.2 Å². The van der Waals surface area contributed by atoms with Crippen LogP contribution in [0.15, 0.2) is 6.07 Å². The van der Waals surface area contributed by atoms with Gasteiger partial charge in [-0.3, -0.25) is 4.79 Å². The number of aliphatic hydroxyl groups excluding tert-OH is 1. The summed E-state index contributed by atoms with van der Waals surface area (Å²) in [5, 5.41) is 11.5. The average Bonchev–Trinajstić information content (AvgIpc) is 2.87. The van der Waals surface area contributed by atoms with Crippen molar-refractivity contribution in [3.8, 4) is 11.8 Å². The number of nitrogens with one attached hydrogen (secondary N) is 1. The zero-order chi connectivity index (χ0) is 15.7. The Kier molecular flexibility index (Phi) is 4.42. The Morgan fingerprint density at radius 1 is 1.57 bits per heavy atom. The van der Waals surface area contributed by atoms with Crippen LogP contribution in [-0.2, 0) is 9.84 Å². The fraction of sp³-hybridized carbons (Fsp3) is 0.500. The molecule has 5 nitrogen and oxygen atoms in total. The number of rotatable bonds is 2. The smallest absolute Gasteiger partial charge is 0.261 e. The van der Waals surface area contributed by atoms with Gasteiger partial charge >= 0.3 is 0 Å². The molecule has 2 N–H and O–H groups in total. The molecule has 1 fully saturated rings. The number of amides is 1. The molecular formula is C14H17NO4S2. The predicted molar refractivity (Wildman–Crippen MR) is 82.2 cm³/mol. The summed E-state index contributed by atoms with van der Waals surface area (Å²) in [5.41, 5.74) is 0.167. The zero-order valence-corrected chi connectivity index (χ0v) is 13.5. The van der Waals surface area contributed by atoms with E-state index in [1.807, 2.05) is 6.92 Å². The van der Waals surface area contributed by atoms with E-state index < -0.39 is 15.4 Å². The van der Waals surface area contributed by atoms with E-state index in [4.69, 9.17) is 5.11 Å². The van der Waals surface area contributed by atoms with Gasteiger partial charge in [0, 0.05) is 0 Å². The topological polar surface area (TPSA) is 83.5 Å². The minimum atomic E-state index is -3.06. The van der Waals surface area contributed by atoms with Crippen molar-refractivity contribution in [3.63, 3.8) is 0 Å². The third-order valence-electron chi connectivity index (χ3n) is 3.34. The summed E-state index contributed by atoms with van der Waals surface area (Å²) in [6, 6.07) is 1.73. The Morgan fingerprint density at radius 3 is 2.86 bits per heavy atom. The van der Waals surface area contributed by atoms with Gasteiger partial charge < -0.3 is 10.4 Å². The van der Waals surface area contributed by atoms with Crippen LogP contribution in [0.4, 0.5) is 0 Å². The second-order valence-electron chi connectivity index (χ2n) is 5.44. The highest BCUT2D eigenvalue weighted by Gasteiger charge is 2.39. The Labute approximate surface area is 128 Å². The largest absolute Gasteiger partial charge is 0.384 e. The number of carbonyl (C=O) groups is 1. The van der Waals surface area contributed by atoms with Crippen molar-refractivity contribution >= 4 is 27.1 Å². The van der Waals surface area contributed by atoms with E-state index in [1.54, 1.807) is 13.0 Å². The van der Waals surface area contributed by atoms with E-state index in [-0.39, 0.29) is 24.0 Å². The molecule has 1 saturated heterocycles. The van der Waals surface area contributed by atoms with Gasteiger partial charge in [-0.1, -0.05) is 11.8 Å². The van der Waals surface area contributed by atoms with Crippen molar-refractivity contribution in [2.75, 3.05) is 18.1 Å². The molecule has 0 aliphatic carbocycles. The highest BCUT2D eigenvalue weighted by atomic mass is 32.2. The van der Waals surface area contributed by atoms with Crippen LogP contribution < -0.4 is 5.32 Å². The van der Waals surface area contributed by atoms with Crippen molar-refractivity contribution in [1.29, 1.82) is 0 Å². The Morgan fingerprint density at radius 2 is 2.29 bits per heavy atom. The molecule has 0 aromatic carbocycles. The van der Waals surface area contributed by atoms with Gasteiger partial charge in [0.15, 0.2) is 9.84 Å². The molecule has 1 unspecified atom stereocenters. The number of hydrogen-bond acceptors (Lipinski definition) is 5. The summed E-state index contributed by atoms with van der Waals surface area (Å²) in [7, 11) is -3.06. The quantitative estimate of drug-likeness (QED) is 0.784. The van der Waals surface area contributed by atoms with E-state index in [1.165, 1.54) is 11.3 Å². The minimum Gasteiger partial charge on any atom is -0.384 e. The molecule has 0 spiro atoms. The Hall–Kier alpha value is -1.36. The maximum Gasteiger partial charge on any atom is 0.261 e. The van der Waals surface area contributed by atoms with Crippen molar-refractivity contribution in [2.45, 2.75) is 25.8 Å². The van der Waals surface area contributed by atoms with Crippen LogP contribution in [0, 0.1) is 18.8 Å². The molecule has 1 aliphatic rings. The van der Waals surface area contributed by atoms with Crippen LogP contribution in [0.25, 0.3) is 0 Å². The standard InChI is InChI=1S/C14H17NO4S2/c1-10-8-12(20-11(10)4-3-6-16)13(17)15-14(2)5-7-21(18,19)9-14/h8,16H,5-7,9H2,1-2H3,(H,15,17). The lowest BCUT2D eigenvalue weighted by Gasteiger charge is -2.23. The molecule has 0 radical (unpaired) electrons. The highest BCUT2D eigenvalue weighted by Crippen LogP contribution is 2.25. The molecule has 2 rings (SSSR count). The van der Waals surface area contributed by atoms with Crippen molar-refractivity contribution < 1.29 is 18.3 Å². The third-order valence-corrected chi connectivity index (χ3v) is 6.40. The predicted octanol–water partition coefficient (Wildman–Crippen LogP) is 0.707. The fourth-order valence-corrected chi connectivity index (χ4v) is 5.32. The second-order valence-corrected chi connectivity index (χ2v) is 8.68. The highest BCUT2D eigenvalue weighted by molar-refractivity contribution is 7.91. The lowest BCUT2D eigenvalue weighted by atomic mass is 10.0. The van der Waals surface area contributed by atoms with Crippen LogP contribution in [-0.4, -0.2) is 43.1 Å². The maximum atomic E-state index is 12.3. The van der Waals surface area contributed by atoms with Gasteiger partial charge in [0.05, 0.1) is 26.8 Å². The van der Waals surface area contributed by atoms with Gasteiger partial charge in [-0.2, -0.15) is 0 Å². The Balaban J connectivity index is 2.15. The van der Waals surface area contributed by atoms with Gasteiger partial charge in [-0.15, -0.1) is 11.3 Å². The lowest BCUT2D eigenvalue weighted by molar-refractivity contribution is 0.0919. The number of aryl methyl sites for hydroxylation is 1. The van der Waals surface area contributed by atoms with E-state index >= 15 is 0 Å². The summed E-state index contributed by atoms with van der Waals surface area (Å²) < 4.78 is 23.1. The van der Waals surface area contributed by atoms with Gasteiger partial charge in [-0.25, -0.2) is 8.42 Å². The lowest BCUT2D eigenvalue weighted by Crippen LogP contribution is -2.46. The van der Waals surface area contributed by atoms with Gasteiger partial charge in [0.1, 0.15) is 6.61 Å². The number of carbonyl (C=O) groups excluding carboxylic acids is 1. The van der Waals surface area contributed by atoms with Crippen LogP contribution in [0.1, 0.15) is 33.5 Å². The molecule has 7 heteroatoms. The van der Waals surface area contributed by atoms with Gasteiger partial charge in [-0.05, 0) is 31.9 Å². The van der Waals surface area contributed by atoms with Gasteiger partial charge in [0.25, 0.3) is 5.91 Å². The molecular weight excluding hydrogens is 310 g/mol. The summed E-state index contributed by atoms with van der Waals surface area (Å²) in [6.07, 6.45) is 0.433. The van der Waals surface area contributed by atoms with Crippen molar-refractivity contribution in [1.82, 2.24) is 5.32 Å².